The summed E-state index contributed by atoms with van der Waals surface area (Å²) in [5.74, 6) is -1.20. The van der Waals surface area contributed by atoms with E-state index < -0.39 is 11.5 Å². The van der Waals surface area contributed by atoms with Crippen LogP contribution in [0.3, 0.4) is 0 Å². The third-order valence-corrected chi connectivity index (χ3v) is 4.01. The smallest absolute Gasteiger partial charge is 0.323 e. The highest BCUT2D eigenvalue weighted by atomic mass is 35.5. The molecule has 0 radical (unpaired) electrons. The molecular formula is C15H21ClN2O3. The molecule has 0 fully saturated rings. The van der Waals surface area contributed by atoms with E-state index in [0.717, 1.165) is 5.56 Å². The average Bonchev–Trinajstić information content (AvgIpc) is 2.47. The molecule has 3 N–H and O–H groups in total. The molecule has 1 rings (SSSR count). The van der Waals surface area contributed by atoms with Gasteiger partial charge in [-0.2, -0.15) is 0 Å². The Morgan fingerprint density at radius 2 is 1.86 bits per heavy atom. The minimum absolute atomic E-state index is 0.0432. The first-order valence-electron chi connectivity index (χ1n) is 6.93. The van der Waals surface area contributed by atoms with Crippen molar-refractivity contribution < 1.29 is 14.7 Å². The van der Waals surface area contributed by atoms with Crippen molar-refractivity contribution in [3.05, 3.63) is 34.9 Å². The first-order valence-corrected chi connectivity index (χ1v) is 7.31. The molecule has 116 valence electrons. The standard InChI is InChI=1S/C15H21ClN2O3/c1-3-15(4-2,14(20)21)18-10-13(19)17-9-11-7-5-6-8-12(11)16/h5-8,18H,3-4,9-10H2,1-2H3,(H,17,19)(H,20,21). The molecule has 0 unspecified atom stereocenters. The number of carboxylic acid groups (broad SMARTS) is 1. The van der Waals surface area contributed by atoms with Crippen LogP contribution >= 0.6 is 11.6 Å². The van der Waals surface area contributed by atoms with Crippen LogP contribution in [0.2, 0.25) is 5.02 Å². The van der Waals surface area contributed by atoms with E-state index in [1.165, 1.54) is 0 Å². The Hall–Kier alpha value is -1.59. The molecule has 0 aliphatic rings. The lowest BCUT2D eigenvalue weighted by Crippen LogP contribution is -2.54. The van der Waals surface area contributed by atoms with Gasteiger partial charge in [-0.1, -0.05) is 43.6 Å². The third kappa shape index (κ3) is 4.72. The second kappa shape index (κ2) is 8.00. The number of halogens is 1. The SMILES string of the molecule is CCC(CC)(NCC(=O)NCc1ccccc1Cl)C(=O)O. The van der Waals surface area contributed by atoms with Crippen LogP contribution < -0.4 is 10.6 Å². The Balaban J connectivity index is 2.51. The molecule has 0 aromatic heterocycles. The van der Waals surface area contributed by atoms with Crippen LogP contribution in [0.4, 0.5) is 0 Å². The van der Waals surface area contributed by atoms with Crippen molar-refractivity contribution >= 4 is 23.5 Å². The lowest BCUT2D eigenvalue weighted by atomic mass is 9.93. The summed E-state index contributed by atoms with van der Waals surface area (Å²) in [6, 6.07) is 7.24. The normalized spacial score (nSPS) is 11.2. The van der Waals surface area contributed by atoms with Gasteiger partial charge in [0.1, 0.15) is 5.54 Å². The Bertz CT molecular complexity index is 501. The van der Waals surface area contributed by atoms with Gasteiger partial charge in [-0.3, -0.25) is 14.9 Å². The fourth-order valence-corrected chi connectivity index (χ4v) is 2.23. The highest BCUT2D eigenvalue weighted by Crippen LogP contribution is 2.15. The van der Waals surface area contributed by atoms with Crippen molar-refractivity contribution in [3.63, 3.8) is 0 Å². The van der Waals surface area contributed by atoms with Crippen LogP contribution in [0.15, 0.2) is 24.3 Å². The molecule has 0 saturated carbocycles. The number of amides is 1. The number of aliphatic carboxylic acids is 1. The molecule has 0 atom stereocenters. The molecule has 0 aliphatic carbocycles. The quantitative estimate of drug-likeness (QED) is 0.687. The zero-order chi connectivity index (χ0) is 15.9. The van der Waals surface area contributed by atoms with Gasteiger partial charge in [0.15, 0.2) is 0 Å². The van der Waals surface area contributed by atoms with Gasteiger partial charge in [-0.15, -0.1) is 0 Å². The molecule has 6 heteroatoms. The van der Waals surface area contributed by atoms with E-state index in [1.807, 2.05) is 18.2 Å². The largest absolute Gasteiger partial charge is 0.480 e. The first kappa shape index (κ1) is 17.5. The summed E-state index contributed by atoms with van der Waals surface area (Å²) in [5.41, 5.74) is -0.232. The van der Waals surface area contributed by atoms with E-state index in [0.29, 0.717) is 24.4 Å². The minimum Gasteiger partial charge on any atom is -0.480 e. The van der Waals surface area contributed by atoms with Crippen LogP contribution in [-0.2, 0) is 16.1 Å². The molecule has 0 aliphatic heterocycles. The number of carboxylic acids is 1. The molecule has 21 heavy (non-hydrogen) atoms. The van der Waals surface area contributed by atoms with E-state index in [4.69, 9.17) is 11.6 Å². The fraction of sp³-hybridized carbons (Fsp3) is 0.467. The molecule has 0 heterocycles. The number of carbonyl (C=O) groups excluding carboxylic acids is 1. The third-order valence-electron chi connectivity index (χ3n) is 3.64. The van der Waals surface area contributed by atoms with Crippen LogP contribution in [0.25, 0.3) is 0 Å². The molecule has 1 amide bonds. The molecular weight excluding hydrogens is 292 g/mol. The Kier molecular flexibility index (Phi) is 6.65. The zero-order valence-corrected chi connectivity index (χ0v) is 13.0. The Morgan fingerprint density at radius 3 is 2.38 bits per heavy atom. The van der Waals surface area contributed by atoms with Crippen molar-refractivity contribution in [2.45, 2.75) is 38.8 Å². The van der Waals surface area contributed by atoms with Crippen LogP contribution in [0.5, 0.6) is 0 Å². The van der Waals surface area contributed by atoms with E-state index in [-0.39, 0.29) is 12.5 Å². The average molecular weight is 313 g/mol. The number of benzene rings is 1. The van der Waals surface area contributed by atoms with Crippen molar-refractivity contribution in [1.82, 2.24) is 10.6 Å². The van der Waals surface area contributed by atoms with Crippen LogP contribution in [0.1, 0.15) is 32.3 Å². The zero-order valence-electron chi connectivity index (χ0n) is 12.3. The van der Waals surface area contributed by atoms with Crippen LogP contribution in [0, 0.1) is 0 Å². The van der Waals surface area contributed by atoms with Crippen molar-refractivity contribution in [3.8, 4) is 0 Å². The van der Waals surface area contributed by atoms with Gasteiger partial charge in [0.2, 0.25) is 5.91 Å². The summed E-state index contributed by atoms with van der Waals surface area (Å²) in [6.45, 7) is 3.84. The molecule has 0 saturated heterocycles. The summed E-state index contributed by atoms with van der Waals surface area (Å²) in [4.78, 5) is 23.1. The number of hydrogen-bond donors (Lipinski definition) is 3. The summed E-state index contributed by atoms with van der Waals surface area (Å²) in [7, 11) is 0. The van der Waals surface area contributed by atoms with Gasteiger partial charge in [-0.05, 0) is 24.5 Å². The fourth-order valence-electron chi connectivity index (χ4n) is 2.03. The second-order valence-electron chi connectivity index (χ2n) is 4.82. The Morgan fingerprint density at radius 1 is 1.24 bits per heavy atom. The summed E-state index contributed by atoms with van der Waals surface area (Å²) < 4.78 is 0. The van der Waals surface area contributed by atoms with Crippen molar-refractivity contribution in [2.24, 2.45) is 0 Å². The van der Waals surface area contributed by atoms with Gasteiger partial charge in [0, 0.05) is 11.6 Å². The number of rotatable bonds is 8. The molecule has 0 bridgehead atoms. The lowest BCUT2D eigenvalue weighted by molar-refractivity contribution is -0.145. The van der Waals surface area contributed by atoms with E-state index in [9.17, 15) is 14.7 Å². The van der Waals surface area contributed by atoms with Gasteiger partial charge in [0.25, 0.3) is 0 Å². The second-order valence-corrected chi connectivity index (χ2v) is 5.22. The predicted octanol–water partition coefficient (Wildman–Crippen LogP) is 2.19. The predicted molar refractivity (Wildman–Crippen MR) is 82.3 cm³/mol. The van der Waals surface area contributed by atoms with Crippen LogP contribution in [-0.4, -0.2) is 29.1 Å². The molecule has 0 spiro atoms. The molecule has 1 aromatic carbocycles. The number of carbonyl (C=O) groups is 2. The van der Waals surface area contributed by atoms with Gasteiger partial charge < -0.3 is 10.4 Å². The van der Waals surface area contributed by atoms with Gasteiger partial charge in [-0.25, -0.2) is 0 Å². The van der Waals surface area contributed by atoms with Gasteiger partial charge in [0.05, 0.1) is 6.54 Å². The van der Waals surface area contributed by atoms with Gasteiger partial charge >= 0.3 is 5.97 Å². The van der Waals surface area contributed by atoms with Crippen molar-refractivity contribution in [2.75, 3.05) is 6.54 Å². The monoisotopic (exact) mass is 312 g/mol. The number of hydrogen-bond acceptors (Lipinski definition) is 3. The first-order chi connectivity index (χ1) is 9.95. The minimum atomic E-state index is -1.05. The highest BCUT2D eigenvalue weighted by molar-refractivity contribution is 6.31. The Labute approximate surface area is 129 Å². The molecule has 5 nitrogen and oxygen atoms in total. The highest BCUT2D eigenvalue weighted by Gasteiger charge is 2.34. The topological polar surface area (TPSA) is 78.4 Å². The number of nitrogens with one attached hydrogen (secondary N) is 2. The maximum atomic E-state index is 11.8. The lowest BCUT2D eigenvalue weighted by Gasteiger charge is -2.27. The maximum Gasteiger partial charge on any atom is 0.323 e. The summed E-state index contributed by atoms with van der Waals surface area (Å²) in [5, 5.41) is 15.4. The molecule has 1 aromatic rings. The summed E-state index contributed by atoms with van der Waals surface area (Å²) >= 11 is 6.00. The maximum absolute atomic E-state index is 11.8. The van der Waals surface area contributed by atoms with E-state index in [1.54, 1.807) is 19.9 Å². The summed E-state index contributed by atoms with van der Waals surface area (Å²) in [6.07, 6.45) is 0.827. The van der Waals surface area contributed by atoms with Crippen molar-refractivity contribution in [1.29, 1.82) is 0 Å². The van der Waals surface area contributed by atoms with E-state index in [2.05, 4.69) is 10.6 Å². The van der Waals surface area contributed by atoms with E-state index >= 15 is 0 Å².